The number of guanidine groups is 1. The lowest BCUT2D eigenvalue weighted by atomic mass is 10.3. The van der Waals surface area contributed by atoms with Gasteiger partial charge in [0.2, 0.25) is 0 Å². The molecule has 0 atom stereocenters. The summed E-state index contributed by atoms with van der Waals surface area (Å²) in [5.41, 5.74) is 5.58. The van der Waals surface area contributed by atoms with Crippen LogP contribution in [0.3, 0.4) is 0 Å². The van der Waals surface area contributed by atoms with E-state index in [0.29, 0.717) is 11.7 Å². The Morgan fingerprint density at radius 3 is 3.00 bits per heavy atom. The predicted molar refractivity (Wildman–Crippen MR) is 73.7 cm³/mol. The molecule has 1 aliphatic rings. The van der Waals surface area contributed by atoms with Gasteiger partial charge in [0.15, 0.2) is 11.8 Å². The zero-order valence-electron chi connectivity index (χ0n) is 11.1. The third-order valence-corrected chi connectivity index (χ3v) is 3.08. The third kappa shape index (κ3) is 3.33. The van der Waals surface area contributed by atoms with Crippen molar-refractivity contribution >= 4 is 11.6 Å². The maximum Gasteiger partial charge on any atom is 0.193 e. The number of nitrogens with two attached hydrogens (primary N) is 1. The van der Waals surface area contributed by atoms with Crippen molar-refractivity contribution in [1.82, 2.24) is 15.2 Å². The number of nitrogens with zero attached hydrogens (tertiary/aromatic N) is 3. The molecule has 1 fully saturated rings. The molecule has 0 unspecified atom stereocenters. The first-order chi connectivity index (χ1) is 10.1. The van der Waals surface area contributed by atoms with E-state index in [1.54, 1.807) is 0 Å². The van der Waals surface area contributed by atoms with Gasteiger partial charge in [0.1, 0.15) is 24.0 Å². The van der Waals surface area contributed by atoms with Crippen LogP contribution in [0.15, 0.2) is 23.2 Å². The average molecular weight is 292 g/mol. The molecule has 1 saturated carbocycles. The van der Waals surface area contributed by atoms with Gasteiger partial charge in [0.25, 0.3) is 0 Å². The second kappa shape index (κ2) is 5.47. The Hall–Kier alpha value is -2.51. The van der Waals surface area contributed by atoms with Crippen molar-refractivity contribution in [3.8, 4) is 0 Å². The molecule has 4 N–H and O–H groups in total. The molecule has 2 aromatic rings. The van der Waals surface area contributed by atoms with E-state index in [2.05, 4.69) is 25.5 Å². The number of benzene rings is 1. The summed E-state index contributed by atoms with van der Waals surface area (Å²) in [6, 6.07) is 3.06. The average Bonchev–Trinajstić information content (AvgIpc) is 3.20. The first-order valence-electron chi connectivity index (χ1n) is 6.55. The minimum atomic E-state index is -0.606. The Bertz CT molecular complexity index is 677. The number of aromatic amines is 1. The summed E-state index contributed by atoms with van der Waals surface area (Å²) in [7, 11) is 0. The number of rotatable bonds is 4. The molecule has 3 rings (SSSR count). The van der Waals surface area contributed by atoms with E-state index in [-0.39, 0.29) is 18.2 Å². The summed E-state index contributed by atoms with van der Waals surface area (Å²) >= 11 is 0. The molecular formula is C13H14F2N6. The van der Waals surface area contributed by atoms with Gasteiger partial charge in [-0.25, -0.2) is 18.8 Å². The lowest BCUT2D eigenvalue weighted by Crippen LogP contribution is -2.23. The van der Waals surface area contributed by atoms with Crippen molar-refractivity contribution in [2.75, 3.05) is 5.32 Å². The Kier molecular flexibility index (Phi) is 3.51. The number of hydrogen-bond acceptors (Lipinski definition) is 3. The molecule has 1 aliphatic carbocycles. The fraction of sp³-hybridized carbons (Fsp3) is 0.308. The van der Waals surface area contributed by atoms with Crippen molar-refractivity contribution in [3.05, 3.63) is 41.5 Å². The standard InChI is InChI=1S/C13H14F2N6/c14-8-3-4-9(15)10(5-8)18-13(16)17-6-11-19-12(21-20-11)7-1-2-7/h3-5,7H,1-2,6H2,(H3,16,17,18)(H,19,20,21). The van der Waals surface area contributed by atoms with Gasteiger partial charge in [-0.3, -0.25) is 5.10 Å². The van der Waals surface area contributed by atoms with Crippen molar-refractivity contribution in [2.45, 2.75) is 25.3 Å². The highest BCUT2D eigenvalue weighted by Gasteiger charge is 2.27. The van der Waals surface area contributed by atoms with E-state index in [0.717, 1.165) is 36.9 Å². The van der Waals surface area contributed by atoms with E-state index in [4.69, 9.17) is 5.73 Å². The summed E-state index contributed by atoms with van der Waals surface area (Å²) < 4.78 is 26.4. The molecule has 1 aromatic carbocycles. The highest BCUT2D eigenvalue weighted by Crippen LogP contribution is 2.37. The highest BCUT2D eigenvalue weighted by molar-refractivity contribution is 5.92. The van der Waals surface area contributed by atoms with Gasteiger partial charge < -0.3 is 11.1 Å². The molecule has 8 heteroatoms. The van der Waals surface area contributed by atoms with E-state index < -0.39 is 11.6 Å². The van der Waals surface area contributed by atoms with E-state index in [1.165, 1.54) is 0 Å². The molecule has 0 saturated heterocycles. The van der Waals surface area contributed by atoms with Crippen molar-refractivity contribution < 1.29 is 8.78 Å². The van der Waals surface area contributed by atoms with Gasteiger partial charge in [-0.05, 0) is 25.0 Å². The van der Waals surface area contributed by atoms with Crippen LogP contribution in [-0.2, 0) is 6.54 Å². The minimum absolute atomic E-state index is 0.0242. The lowest BCUT2D eigenvalue weighted by Gasteiger charge is -2.06. The fourth-order valence-electron chi connectivity index (χ4n) is 1.84. The van der Waals surface area contributed by atoms with Crippen LogP contribution < -0.4 is 11.1 Å². The smallest absolute Gasteiger partial charge is 0.193 e. The molecule has 0 aliphatic heterocycles. The second-order valence-electron chi connectivity index (χ2n) is 4.87. The molecule has 1 aromatic heterocycles. The van der Waals surface area contributed by atoms with E-state index in [9.17, 15) is 8.78 Å². The monoisotopic (exact) mass is 292 g/mol. The van der Waals surface area contributed by atoms with Crippen LogP contribution >= 0.6 is 0 Å². The Morgan fingerprint density at radius 1 is 1.43 bits per heavy atom. The number of aromatic nitrogens is 3. The van der Waals surface area contributed by atoms with Crippen molar-refractivity contribution in [3.63, 3.8) is 0 Å². The van der Waals surface area contributed by atoms with Crippen LogP contribution in [-0.4, -0.2) is 21.1 Å². The lowest BCUT2D eigenvalue weighted by molar-refractivity contribution is 0.604. The number of aliphatic imine (C=N–C) groups is 1. The van der Waals surface area contributed by atoms with Gasteiger partial charge in [0, 0.05) is 12.0 Å². The number of halogens is 2. The molecule has 0 spiro atoms. The molecule has 110 valence electrons. The van der Waals surface area contributed by atoms with E-state index >= 15 is 0 Å². The summed E-state index contributed by atoms with van der Waals surface area (Å²) in [4.78, 5) is 8.31. The molecule has 0 bridgehead atoms. The number of hydrogen-bond donors (Lipinski definition) is 3. The molecule has 0 amide bonds. The third-order valence-electron chi connectivity index (χ3n) is 3.08. The number of H-pyrrole nitrogens is 1. The predicted octanol–water partition coefficient (Wildman–Crippen LogP) is 1.89. The molecule has 1 heterocycles. The quantitative estimate of drug-likeness (QED) is 0.592. The fourth-order valence-corrected chi connectivity index (χ4v) is 1.84. The van der Waals surface area contributed by atoms with Crippen LogP contribution in [0.2, 0.25) is 0 Å². The maximum atomic E-state index is 13.4. The van der Waals surface area contributed by atoms with Crippen LogP contribution in [0.4, 0.5) is 14.5 Å². The molecule has 0 radical (unpaired) electrons. The van der Waals surface area contributed by atoms with Crippen LogP contribution in [0.1, 0.15) is 30.4 Å². The number of nitrogens with one attached hydrogen (secondary N) is 2. The van der Waals surface area contributed by atoms with Crippen molar-refractivity contribution in [2.24, 2.45) is 10.7 Å². The topological polar surface area (TPSA) is 92.0 Å². The zero-order valence-corrected chi connectivity index (χ0v) is 11.1. The van der Waals surface area contributed by atoms with Gasteiger partial charge >= 0.3 is 0 Å². The molecular weight excluding hydrogens is 278 g/mol. The molecule has 6 nitrogen and oxygen atoms in total. The van der Waals surface area contributed by atoms with Gasteiger partial charge in [0.05, 0.1) is 5.69 Å². The van der Waals surface area contributed by atoms with Crippen molar-refractivity contribution in [1.29, 1.82) is 0 Å². The number of anilines is 1. The Morgan fingerprint density at radius 2 is 2.24 bits per heavy atom. The largest absolute Gasteiger partial charge is 0.370 e. The first-order valence-corrected chi connectivity index (χ1v) is 6.55. The first kappa shape index (κ1) is 13.5. The normalized spacial score (nSPS) is 15.2. The summed E-state index contributed by atoms with van der Waals surface area (Å²) in [5, 5.41) is 9.38. The Balaban J connectivity index is 1.63. The second-order valence-corrected chi connectivity index (χ2v) is 4.87. The highest BCUT2D eigenvalue weighted by atomic mass is 19.1. The summed E-state index contributed by atoms with van der Waals surface area (Å²) in [5.74, 6) is 0.644. The summed E-state index contributed by atoms with van der Waals surface area (Å²) in [6.07, 6.45) is 2.23. The zero-order chi connectivity index (χ0) is 14.8. The summed E-state index contributed by atoms with van der Waals surface area (Å²) in [6.45, 7) is 0.190. The SMILES string of the molecule is NC(=NCc1nc(C2CC2)n[nH]1)Nc1cc(F)ccc1F. The van der Waals surface area contributed by atoms with Crippen LogP contribution in [0, 0.1) is 11.6 Å². The maximum absolute atomic E-state index is 13.4. The van der Waals surface area contributed by atoms with Gasteiger partial charge in [-0.1, -0.05) is 0 Å². The van der Waals surface area contributed by atoms with Crippen LogP contribution in [0.25, 0.3) is 0 Å². The minimum Gasteiger partial charge on any atom is -0.370 e. The molecule has 21 heavy (non-hydrogen) atoms. The van der Waals surface area contributed by atoms with E-state index in [1.807, 2.05) is 0 Å². The Labute approximate surface area is 119 Å². The van der Waals surface area contributed by atoms with Crippen LogP contribution in [0.5, 0.6) is 0 Å². The van der Waals surface area contributed by atoms with Gasteiger partial charge in [-0.2, -0.15) is 5.10 Å². The van der Waals surface area contributed by atoms with Gasteiger partial charge in [-0.15, -0.1) is 0 Å².